The number of amides is 2. The second kappa shape index (κ2) is 5.88. The normalized spacial score (nSPS) is 19.4. The summed E-state index contributed by atoms with van der Waals surface area (Å²) in [5.41, 5.74) is 0.608. The van der Waals surface area contributed by atoms with E-state index in [9.17, 15) is 4.79 Å². The molecule has 4 nitrogen and oxygen atoms in total. The first-order valence-corrected chi connectivity index (χ1v) is 7.21. The van der Waals surface area contributed by atoms with Crippen LogP contribution >= 0.6 is 34.8 Å². The quantitative estimate of drug-likeness (QED) is 0.844. The van der Waals surface area contributed by atoms with Crippen molar-refractivity contribution in [1.82, 2.24) is 4.90 Å². The maximum Gasteiger partial charge on any atom is 0.321 e. The van der Waals surface area contributed by atoms with Crippen molar-refractivity contribution in [2.75, 3.05) is 26.0 Å². The Morgan fingerprint density at radius 1 is 1.50 bits per heavy atom. The number of benzene rings is 1. The summed E-state index contributed by atoms with van der Waals surface area (Å²) in [5, 5.41) is 3.13. The number of alkyl halides is 2. The van der Waals surface area contributed by atoms with E-state index in [1.165, 1.54) is 4.90 Å². The van der Waals surface area contributed by atoms with Crippen LogP contribution < -0.4 is 10.1 Å². The minimum absolute atomic E-state index is 0.134. The molecule has 1 aromatic rings. The fraction of sp³-hybridized carbons (Fsp3) is 0.462. The number of nitrogens with one attached hydrogen (secondary N) is 1. The number of urea groups is 1. The van der Waals surface area contributed by atoms with Gasteiger partial charge < -0.3 is 15.0 Å². The summed E-state index contributed by atoms with van der Waals surface area (Å²) in [6.07, 6.45) is 0.727. The minimum Gasteiger partial charge on any atom is -0.492 e. The van der Waals surface area contributed by atoms with E-state index in [-0.39, 0.29) is 11.9 Å². The summed E-state index contributed by atoms with van der Waals surface area (Å²) < 4.78 is 4.92. The number of nitrogens with zero attached hydrogens (tertiary/aromatic N) is 1. The zero-order valence-corrected chi connectivity index (χ0v) is 13.4. The van der Waals surface area contributed by atoms with Crippen molar-refractivity contribution in [1.29, 1.82) is 0 Å². The smallest absolute Gasteiger partial charge is 0.321 e. The Morgan fingerprint density at radius 2 is 2.15 bits per heavy atom. The van der Waals surface area contributed by atoms with Gasteiger partial charge in [0.05, 0.1) is 11.6 Å². The van der Waals surface area contributed by atoms with Crippen LogP contribution in [0.5, 0.6) is 5.75 Å². The highest BCUT2D eigenvalue weighted by molar-refractivity contribution is 6.50. The first-order valence-electron chi connectivity index (χ1n) is 6.08. The third-order valence-electron chi connectivity index (χ3n) is 2.99. The molecule has 2 rings (SSSR count). The molecule has 1 aromatic carbocycles. The first kappa shape index (κ1) is 15.5. The molecular weight excluding hydrogens is 323 g/mol. The lowest BCUT2D eigenvalue weighted by molar-refractivity contribution is 0.230. The Hall–Kier alpha value is -0.840. The number of carbonyl (C=O) groups is 1. The molecule has 1 fully saturated rings. The van der Waals surface area contributed by atoms with Gasteiger partial charge in [-0.25, -0.2) is 4.79 Å². The van der Waals surface area contributed by atoms with E-state index in [0.717, 1.165) is 6.42 Å². The predicted molar refractivity (Wildman–Crippen MR) is 82.2 cm³/mol. The molecule has 1 unspecified atom stereocenters. The number of halogens is 3. The van der Waals surface area contributed by atoms with E-state index in [4.69, 9.17) is 39.5 Å². The summed E-state index contributed by atoms with van der Waals surface area (Å²) in [4.78, 5) is 13.0. The topological polar surface area (TPSA) is 41.6 Å². The van der Waals surface area contributed by atoms with E-state index in [2.05, 4.69) is 5.32 Å². The Kier molecular flexibility index (Phi) is 4.57. The van der Waals surface area contributed by atoms with Crippen LogP contribution in [0.15, 0.2) is 18.2 Å². The SMILES string of the molecule is CN(C)C(=O)Nc1ccc(OCC2CC2(Cl)Cl)c(Cl)c1. The van der Waals surface area contributed by atoms with E-state index >= 15 is 0 Å². The van der Waals surface area contributed by atoms with Crippen molar-refractivity contribution < 1.29 is 9.53 Å². The molecule has 0 heterocycles. The number of ether oxygens (including phenoxy) is 1. The molecule has 20 heavy (non-hydrogen) atoms. The Bertz CT molecular complexity index is 520. The largest absolute Gasteiger partial charge is 0.492 e. The average Bonchev–Trinajstić information content (AvgIpc) is 2.96. The number of anilines is 1. The number of hydrogen-bond acceptors (Lipinski definition) is 2. The molecule has 2 amide bonds. The lowest BCUT2D eigenvalue weighted by Crippen LogP contribution is -2.27. The maximum absolute atomic E-state index is 11.5. The van der Waals surface area contributed by atoms with Gasteiger partial charge in [-0.3, -0.25) is 0 Å². The van der Waals surface area contributed by atoms with E-state index in [0.29, 0.717) is 23.1 Å². The minimum atomic E-state index is -0.661. The highest BCUT2D eigenvalue weighted by Gasteiger charge is 2.52. The molecule has 0 saturated heterocycles. The van der Waals surface area contributed by atoms with Crippen molar-refractivity contribution in [2.24, 2.45) is 5.92 Å². The van der Waals surface area contributed by atoms with Gasteiger partial charge in [0.15, 0.2) is 0 Å². The molecule has 1 saturated carbocycles. The highest BCUT2D eigenvalue weighted by Crippen LogP contribution is 2.53. The van der Waals surface area contributed by atoms with Gasteiger partial charge in [0.25, 0.3) is 0 Å². The van der Waals surface area contributed by atoms with Crippen molar-refractivity contribution >= 4 is 46.5 Å². The highest BCUT2D eigenvalue weighted by atomic mass is 35.5. The third kappa shape index (κ3) is 3.84. The van der Waals surface area contributed by atoms with E-state index in [1.54, 1.807) is 32.3 Å². The van der Waals surface area contributed by atoms with Gasteiger partial charge in [0.1, 0.15) is 10.1 Å². The molecule has 110 valence electrons. The molecule has 0 aromatic heterocycles. The van der Waals surface area contributed by atoms with Crippen molar-refractivity contribution in [3.63, 3.8) is 0 Å². The molecule has 0 aliphatic heterocycles. The second-order valence-electron chi connectivity index (χ2n) is 4.94. The second-order valence-corrected chi connectivity index (χ2v) is 6.89. The van der Waals surface area contributed by atoms with Crippen LogP contribution in [0.1, 0.15) is 6.42 Å². The van der Waals surface area contributed by atoms with Gasteiger partial charge in [0, 0.05) is 25.7 Å². The van der Waals surface area contributed by atoms with Crippen molar-refractivity contribution in [2.45, 2.75) is 10.8 Å². The number of carbonyl (C=O) groups excluding carboxylic acids is 1. The summed E-state index contributed by atoms with van der Waals surface area (Å²) in [6, 6.07) is 4.85. The Labute approximate surface area is 132 Å². The van der Waals surface area contributed by atoms with Crippen molar-refractivity contribution in [3.8, 4) is 5.75 Å². The molecule has 0 radical (unpaired) electrons. The summed E-state index contributed by atoms with van der Waals surface area (Å²) in [6.45, 7) is 0.427. The summed E-state index contributed by atoms with van der Waals surface area (Å²) in [5.74, 6) is 0.681. The van der Waals surface area contributed by atoms with Crippen molar-refractivity contribution in [3.05, 3.63) is 23.2 Å². The van der Waals surface area contributed by atoms with Gasteiger partial charge in [-0.15, -0.1) is 23.2 Å². The molecular formula is C13H15Cl3N2O2. The average molecular weight is 338 g/mol. The van der Waals surface area contributed by atoms with Gasteiger partial charge in [-0.05, 0) is 24.6 Å². The lowest BCUT2D eigenvalue weighted by Gasteiger charge is -2.13. The van der Waals surface area contributed by atoms with Gasteiger partial charge in [0.2, 0.25) is 0 Å². The Balaban J connectivity index is 1.94. The number of hydrogen-bond donors (Lipinski definition) is 1. The van der Waals surface area contributed by atoms with Gasteiger partial charge >= 0.3 is 6.03 Å². The summed E-state index contributed by atoms with van der Waals surface area (Å²) in [7, 11) is 3.32. The molecule has 7 heteroatoms. The van der Waals surface area contributed by atoms with Crippen LogP contribution in [0.3, 0.4) is 0 Å². The van der Waals surface area contributed by atoms with Crippen LogP contribution in [0, 0.1) is 5.92 Å². The molecule has 1 aliphatic carbocycles. The zero-order chi connectivity index (χ0) is 14.9. The Morgan fingerprint density at radius 3 is 2.65 bits per heavy atom. The number of rotatable bonds is 4. The molecule has 1 atom stereocenters. The van der Waals surface area contributed by atoms with E-state index in [1.807, 2.05) is 0 Å². The van der Waals surface area contributed by atoms with Gasteiger partial charge in [-0.1, -0.05) is 11.6 Å². The fourth-order valence-electron chi connectivity index (χ4n) is 1.57. The van der Waals surface area contributed by atoms with Crippen LogP contribution in [0.2, 0.25) is 5.02 Å². The third-order valence-corrected chi connectivity index (χ3v) is 4.21. The predicted octanol–water partition coefficient (Wildman–Crippen LogP) is 4.01. The molecule has 0 bridgehead atoms. The van der Waals surface area contributed by atoms with Crippen LogP contribution in [0.25, 0.3) is 0 Å². The van der Waals surface area contributed by atoms with Crippen LogP contribution in [-0.4, -0.2) is 36.0 Å². The fourth-order valence-corrected chi connectivity index (χ4v) is 2.31. The van der Waals surface area contributed by atoms with Gasteiger partial charge in [-0.2, -0.15) is 0 Å². The maximum atomic E-state index is 11.5. The summed E-state index contributed by atoms with van der Waals surface area (Å²) >= 11 is 18.0. The molecule has 1 aliphatic rings. The molecule has 0 spiro atoms. The standard InChI is InChI=1S/C13H15Cl3N2O2/c1-18(2)12(19)17-9-3-4-11(10(14)5-9)20-7-8-6-13(8,15)16/h3-5,8H,6-7H2,1-2H3,(H,17,19). The van der Waals surface area contributed by atoms with Crippen LogP contribution in [0.4, 0.5) is 10.5 Å². The first-order chi connectivity index (χ1) is 9.29. The van der Waals surface area contributed by atoms with E-state index < -0.39 is 4.33 Å². The monoisotopic (exact) mass is 336 g/mol. The van der Waals surface area contributed by atoms with Crippen LogP contribution in [-0.2, 0) is 0 Å². The molecule has 1 N–H and O–H groups in total. The lowest BCUT2D eigenvalue weighted by atomic mass is 10.3. The zero-order valence-electron chi connectivity index (χ0n) is 11.1.